The largest absolute Gasteiger partial charge is 0.378 e. The summed E-state index contributed by atoms with van der Waals surface area (Å²) in [6.45, 7) is 7.78. The number of aliphatic hydroxyl groups is 1. The summed E-state index contributed by atoms with van der Waals surface area (Å²) in [6, 6.07) is 0.604. The van der Waals surface area contributed by atoms with E-state index in [0.717, 1.165) is 18.9 Å². The van der Waals surface area contributed by atoms with Crippen molar-refractivity contribution in [1.82, 2.24) is 4.90 Å². The normalized spacial score (nSPS) is 27.8. The number of aliphatic hydroxyl groups excluding tert-OH is 1. The van der Waals surface area contributed by atoms with Gasteiger partial charge in [0, 0.05) is 12.6 Å². The molecule has 1 aliphatic carbocycles. The Hall–Kier alpha value is -0.0800. The lowest BCUT2D eigenvalue weighted by molar-refractivity contribution is -0.0472. The van der Waals surface area contributed by atoms with Crippen molar-refractivity contribution in [2.45, 2.75) is 90.8 Å². The summed E-state index contributed by atoms with van der Waals surface area (Å²) in [5, 5.41) is 10.3. The third-order valence-corrected chi connectivity index (χ3v) is 4.51. The van der Waals surface area contributed by atoms with Crippen molar-refractivity contribution in [3.63, 3.8) is 0 Å². The van der Waals surface area contributed by atoms with Crippen molar-refractivity contribution in [2.75, 3.05) is 6.54 Å². The molecule has 0 bridgehead atoms. The van der Waals surface area contributed by atoms with Gasteiger partial charge in [-0.25, -0.2) is 0 Å². The molecule has 0 spiro atoms. The van der Waals surface area contributed by atoms with Gasteiger partial charge < -0.3 is 5.11 Å². The summed E-state index contributed by atoms with van der Waals surface area (Å²) >= 11 is 0. The van der Waals surface area contributed by atoms with Crippen LogP contribution in [0.25, 0.3) is 0 Å². The van der Waals surface area contributed by atoms with Crippen molar-refractivity contribution < 1.29 is 5.11 Å². The van der Waals surface area contributed by atoms with Crippen LogP contribution >= 0.6 is 0 Å². The van der Waals surface area contributed by atoms with E-state index < -0.39 is 0 Å². The molecule has 1 aliphatic rings. The molecule has 0 heterocycles. The van der Waals surface area contributed by atoms with E-state index in [1.54, 1.807) is 0 Å². The van der Waals surface area contributed by atoms with E-state index in [1.807, 2.05) is 0 Å². The fourth-order valence-corrected chi connectivity index (χ4v) is 3.25. The van der Waals surface area contributed by atoms with E-state index in [-0.39, 0.29) is 6.23 Å². The predicted molar refractivity (Wildman–Crippen MR) is 78.6 cm³/mol. The molecule has 2 heteroatoms. The number of hydrogen-bond donors (Lipinski definition) is 1. The maximum Gasteiger partial charge on any atom is 0.107 e. The van der Waals surface area contributed by atoms with Gasteiger partial charge in [-0.1, -0.05) is 52.9 Å². The van der Waals surface area contributed by atoms with Crippen molar-refractivity contribution in [1.29, 1.82) is 0 Å². The highest BCUT2D eigenvalue weighted by Crippen LogP contribution is 2.28. The van der Waals surface area contributed by atoms with Crippen molar-refractivity contribution in [3.05, 3.63) is 0 Å². The first kappa shape index (κ1) is 16.0. The molecule has 2 nitrogen and oxygen atoms in total. The average molecular weight is 255 g/mol. The Morgan fingerprint density at radius 2 is 1.78 bits per heavy atom. The van der Waals surface area contributed by atoms with Crippen LogP contribution in [0, 0.1) is 5.92 Å². The van der Waals surface area contributed by atoms with E-state index in [0.29, 0.717) is 6.04 Å². The first-order valence-corrected chi connectivity index (χ1v) is 8.14. The first-order chi connectivity index (χ1) is 8.70. The molecule has 108 valence electrons. The number of nitrogens with zero attached hydrogens (tertiary/aromatic N) is 1. The Kier molecular flexibility index (Phi) is 7.92. The third kappa shape index (κ3) is 4.89. The van der Waals surface area contributed by atoms with Gasteiger partial charge in [-0.05, 0) is 31.6 Å². The fraction of sp³-hybridized carbons (Fsp3) is 1.00. The van der Waals surface area contributed by atoms with Gasteiger partial charge in [0.2, 0.25) is 0 Å². The van der Waals surface area contributed by atoms with Gasteiger partial charge in [0.15, 0.2) is 0 Å². The highest BCUT2D eigenvalue weighted by Gasteiger charge is 2.28. The molecule has 1 N–H and O–H groups in total. The zero-order valence-corrected chi connectivity index (χ0v) is 12.7. The van der Waals surface area contributed by atoms with Gasteiger partial charge in [0.25, 0.3) is 0 Å². The second kappa shape index (κ2) is 8.92. The molecule has 3 unspecified atom stereocenters. The summed E-state index contributed by atoms with van der Waals surface area (Å²) in [5.74, 6) is 0.739. The van der Waals surface area contributed by atoms with E-state index >= 15 is 0 Å². The fourth-order valence-electron chi connectivity index (χ4n) is 3.25. The summed E-state index contributed by atoms with van der Waals surface area (Å²) in [4.78, 5) is 2.40. The van der Waals surface area contributed by atoms with Crippen LogP contribution in [0.2, 0.25) is 0 Å². The summed E-state index contributed by atoms with van der Waals surface area (Å²) in [5.41, 5.74) is 0. The molecule has 1 fully saturated rings. The maximum absolute atomic E-state index is 10.3. The summed E-state index contributed by atoms with van der Waals surface area (Å²) < 4.78 is 0. The van der Waals surface area contributed by atoms with Gasteiger partial charge in [-0.15, -0.1) is 0 Å². The Bertz CT molecular complexity index is 205. The van der Waals surface area contributed by atoms with Crippen molar-refractivity contribution in [2.24, 2.45) is 5.92 Å². The molecular formula is C16H33NO. The number of hydrogen-bond acceptors (Lipinski definition) is 2. The summed E-state index contributed by atoms with van der Waals surface area (Å²) in [6.07, 6.45) is 11.2. The predicted octanol–water partition coefficient (Wildman–Crippen LogP) is 4.18. The monoisotopic (exact) mass is 255 g/mol. The highest BCUT2D eigenvalue weighted by atomic mass is 16.3. The minimum atomic E-state index is -0.233. The zero-order chi connectivity index (χ0) is 13.4. The van der Waals surface area contributed by atoms with Gasteiger partial charge in [-0.2, -0.15) is 0 Å². The van der Waals surface area contributed by atoms with Crippen LogP contribution < -0.4 is 0 Å². The molecule has 0 aromatic carbocycles. The maximum atomic E-state index is 10.3. The average Bonchev–Trinajstić information content (AvgIpc) is 2.36. The second-order valence-corrected chi connectivity index (χ2v) is 6.02. The Morgan fingerprint density at radius 1 is 1.11 bits per heavy atom. The molecule has 0 aromatic rings. The van der Waals surface area contributed by atoms with Crippen LogP contribution in [0.5, 0.6) is 0 Å². The molecule has 1 saturated carbocycles. The molecule has 3 atom stereocenters. The van der Waals surface area contributed by atoms with E-state index in [1.165, 1.54) is 51.4 Å². The third-order valence-electron chi connectivity index (χ3n) is 4.51. The topological polar surface area (TPSA) is 23.5 Å². The molecular weight excluding hydrogens is 222 g/mol. The molecule has 0 amide bonds. The minimum Gasteiger partial charge on any atom is -0.378 e. The molecule has 0 aromatic heterocycles. The van der Waals surface area contributed by atoms with Gasteiger partial charge in [-0.3, -0.25) is 4.90 Å². The van der Waals surface area contributed by atoms with Crippen LogP contribution in [-0.4, -0.2) is 28.8 Å². The quantitative estimate of drug-likeness (QED) is 0.720. The zero-order valence-electron chi connectivity index (χ0n) is 12.7. The van der Waals surface area contributed by atoms with Crippen LogP contribution in [0.1, 0.15) is 78.6 Å². The van der Waals surface area contributed by atoms with Crippen molar-refractivity contribution >= 4 is 0 Å². The molecule has 1 rings (SSSR count). The van der Waals surface area contributed by atoms with Crippen LogP contribution in [0.3, 0.4) is 0 Å². The van der Waals surface area contributed by atoms with Crippen LogP contribution in [0.15, 0.2) is 0 Å². The second-order valence-electron chi connectivity index (χ2n) is 6.02. The first-order valence-electron chi connectivity index (χ1n) is 8.14. The van der Waals surface area contributed by atoms with Gasteiger partial charge in [0.1, 0.15) is 6.23 Å². The van der Waals surface area contributed by atoms with E-state index in [2.05, 4.69) is 25.7 Å². The Morgan fingerprint density at radius 3 is 2.39 bits per heavy atom. The SMILES string of the molecule is CCCCN(C(O)CC)C1CCCCCCC1C. The lowest BCUT2D eigenvalue weighted by Crippen LogP contribution is -2.47. The van der Waals surface area contributed by atoms with Crippen LogP contribution in [0.4, 0.5) is 0 Å². The Balaban J connectivity index is 2.65. The smallest absolute Gasteiger partial charge is 0.107 e. The van der Waals surface area contributed by atoms with E-state index in [9.17, 15) is 5.11 Å². The lowest BCUT2D eigenvalue weighted by Gasteiger charge is -2.39. The van der Waals surface area contributed by atoms with Crippen molar-refractivity contribution in [3.8, 4) is 0 Å². The number of unbranched alkanes of at least 4 members (excludes halogenated alkanes) is 1. The molecule has 0 aliphatic heterocycles. The Labute approximate surface area is 114 Å². The highest BCUT2D eigenvalue weighted by molar-refractivity contribution is 4.80. The van der Waals surface area contributed by atoms with Crippen LogP contribution in [-0.2, 0) is 0 Å². The van der Waals surface area contributed by atoms with E-state index in [4.69, 9.17) is 0 Å². The standard InChI is InChI=1S/C16H33NO/c1-4-6-13-17(16(18)5-2)15-12-10-8-7-9-11-14(15)3/h14-16,18H,4-13H2,1-3H3. The minimum absolute atomic E-state index is 0.233. The molecule has 0 saturated heterocycles. The summed E-state index contributed by atoms with van der Waals surface area (Å²) in [7, 11) is 0. The van der Waals surface area contributed by atoms with Gasteiger partial charge in [0.05, 0.1) is 0 Å². The number of rotatable bonds is 6. The molecule has 18 heavy (non-hydrogen) atoms. The molecule has 0 radical (unpaired) electrons. The van der Waals surface area contributed by atoms with Gasteiger partial charge >= 0.3 is 0 Å². The lowest BCUT2D eigenvalue weighted by atomic mass is 9.86.